The summed E-state index contributed by atoms with van der Waals surface area (Å²) in [6.07, 6.45) is 0.775. The molecule has 0 saturated carbocycles. The summed E-state index contributed by atoms with van der Waals surface area (Å²) in [6.45, 7) is 7.25. The molecule has 0 radical (unpaired) electrons. The number of hydrogen-bond donors (Lipinski definition) is 3. The van der Waals surface area contributed by atoms with Crippen molar-refractivity contribution in [1.29, 1.82) is 0 Å². The van der Waals surface area contributed by atoms with E-state index in [0.717, 1.165) is 6.42 Å². The highest BCUT2D eigenvalue weighted by atomic mass is 35.5. The van der Waals surface area contributed by atoms with Crippen molar-refractivity contribution >= 4 is 29.1 Å². The lowest BCUT2D eigenvalue weighted by Crippen LogP contribution is -2.47. The number of anilines is 1. The van der Waals surface area contributed by atoms with Gasteiger partial charge in [0.25, 0.3) is 0 Å². The van der Waals surface area contributed by atoms with Gasteiger partial charge in [-0.05, 0) is 37.5 Å². The van der Waals surface area contributed by atoms with Crippen LogP contribution in [0.5, 0.6) is 0 Å². The molecule has 0 saturated heterocycles. The van der Waals surface area contributed by atoms with Gasteiger partial charge in [-0.1, -0.05) is 37.9 Å². The maximum absolute atomic E-state index is 11.9. The van der Waals surface area contributed by atoms with Crippen LogP contribution in [0.4, 0.5) is 5.69 Å². The number of halogens is 1. The van der Waals surface area contributed by atoms with Crippen LogP contribution in [0, 0.1) is 12.8 Å². The molecule has 0 heterocycles. The molecule has 0 aliphatic carbocycles. The van der Waals surface area contributed by atoms with Crippen molar-refractivity contribution in [2.75, 3.05) is 11.9 Å². The fourth-order valence-corrected chi connectivity index (χ4v) is 2.05. The van der Waals surface area contributed by atoms with Gasteiger partial charge in [0, 0.05) is 17.3 Å². The van der Waals surface area contributed by atoms with Crippen LogP contribution in [0.25, 0.3) is 0 Å². The zero-order valence-electron chi connectivity index (χ0n) is 13.4. The van der Waals surface area contributed by atoms with Crippen molar-refractivity contribution in [2.45, 2.75) is 39.7 Å². The van der Waals surface area contributed by atoms with Crippen molar-refractivity contribution in [3.63, 3.8) is 0 Å². The third-order valence-corrected chi connectivity index (χ3v) is 4.41. The second-order valence-electron chi connectivity index (χ2n) is 5.72. The zero-order valence-corrected chi connectivity index (χ0v) is 14.1. The first-order valence-corrected chi connectivity index (χ1v) is 7.63. The van der Waals surface area contributed by atoms with Crippen LogP contribution in [-0.2, 0) is 9.59 Å². The summed E-state index contributed by atoms with van der Waals surface area (Å²) in [4.78, 5) is 23.7. The maximum Gasteiger partial charge on any atom is 0.313 e. The average Bonchev–Trinajstić information content (AvgIpc) is 2.48. The molecular formula is C16H23ClN2O3. The van der Waals surface area contributed by atoms with E-state index in [1.807, 2.05) is 13.8 Å². The minimum absolute atomic E-state index is 0.00559. The van der Waals surface area contributed by atoms with Crippen molar-refractivity contribution < 1.29 is 14.7 Å². The predicted octanol–water partition coefficient (Wildman–Crippen LogP) is 2.50. The molecule has 22 heavy (non-hydrogen) atoms. The Morgan fingerprint density at radius 3 is 2.59 bits per heavy atom. The van der Waals surface area contributed by atoms with Gasteiger partial charge in [-0.2, -0.15) is 0 Å². The van der Waals surface area contributed by atoms with E-state index in [0.29, 0.717) is 16.3 Å². The Balaban J connectivity index is 2.63. The molecule has 5 nitrogen and oxygen atoms in total. The standard InChI is InChI=1S/C16H23ClN2O3/c1-5-10(2)16(4,22)9-18-14(20)15(21)19-13-8-6-7-12(17)11(13)3/h6-8,10,22H,5,9H2,1-4H3,(H,18,20)(H,19,21)/t10-,16-/m1/s1. The normalized spacial score (nSPS) is 14.8. The summed E-state index contributed by atoms with van der Waals surface area (Å²) in [7, 11) is 0. The fourth-order valence-electron chi connectivity index (χ4n) is 1.88. The van der Waals surface area contributed by atoms with Gasteiger partial charge in [-0.25, -0.2) is 0 Å². The van der Waals surface area contributed by atoms with Gasteiger partial charge in [0.15, 0.2) is 0 Å². The lowest BCUT2D eigenvalue weighted by Gasteiger charge is -2.29. The average molecular weight is 327 g/mol. The number of carbonyl (C=O) groups excluding carboxylic acids is 2. The van der Waals surface area contributed by atoms with Crippen molar-refractivity contribution in [2.24, 2.45) is 5.92 Å². The molecule has 0 bridgehead atoms. The molecule has 0 aromatic heterocycles. The summed E-state index contributed by atoms with van der Waals surface area (Å²) in [6, 6.07) is 5.06. The Morgan fingerprint density at radius 1 is 1.36 bits per heavy atom. The molecule has 1 aromatic rings. The van der Waals surface area contributed by atoms with E-state index in [4.69, 9.17) is 11.6 Å². The first-order chi connectivity index (χ1) is 10.2. The molecule has 0 unspecified atom stereocenters. The highest BCUT2D eigenvalue weighted by Gasteiger charge is 2.28. The largest absolute Gasteiger partial charge is 0.388 e. The van der Waals surface area contributed by atoms with Gasteiger partial charge in [0.05, 0.1) is 5.60 Å². The van der Waals surface area contributed by atoms with Crippen LogP contribution in [0.3, 0.4) is 0 Å². The van der Waals surface area contributed by atoms with Crippen LogP contribution in [0.1, 0.15) is 32.8 Å². The van der Waals surface area contributed by atoms with Gasteiger partial charge in [-0.3, -0.25) is 9.59 Å². The monoisotopic (exact) mass is 326 g/mol. The summed E-state index contributed by atoms with van der Waals surface area (Å²) < 4.78 is 0. The minimum atomic E-state index is -1.06. The third-order valence-electron chi connectivity index (χ3n) is 4.00. The Labute approximate surface area is 136 Å². The number of hydrogen-bond acceptors (Lipinski definition) is 3. The molecule has 122 valence electrons. The molecule has 2 atom stereocenters. The molecule has 0 fully saturated rings. The zero-order chi connectivity index (χ0) is 16.9. The summed E-state index contributed by atoms with van der Waals surface area (Å²) in [5, 5.41) is 15.7. The van der Waals surface area contributed by atoms with Crippen LogP contribution in [0.15, 0.2) is 18.2 Å². The van der Waals surface area contributed by atoms with E-state index < -0.39 is 17.4 Å². The smallest absolute Gasteiger partial charge is 0.313 e. The second kappa shape index (κ2) is 7.61. The Hall–Kier alpha value is -1.59. The molecule has 1 rings (SSSR count). The SMILES string of the molecule is CC[C@@H](C)[C@](C)(O)CNC(=O)C(=O)Nc1cccc(Cl)c1C. The van der Waals surface area contributed by atoms with Gasteiger partial charge < -0.3 is 15.7 Å². The van der Waals surface area contributed by atoms with E-state index in [2.05, 4.69) is 10.6 Å². The van der Waals surface area contributed by atoms with Crippen LogP contribution >= 0.6 is 11.6 Å². The number of aliphatic hydroxyl groups is 1. The molecule has 6 heteroatoms. The van der Waals surface area contributed by atoms with Crippen LogP contribution < -0.4 is 10.6 Å². The number of carbonyl (C=O) groups is 2. The number of amides is 2. The maximum atomic E-state index is 11.9. The molecular weight excluding hydrogens is 304 g/mol. The Bertz CT molecular complexity index is 558. The van der Waals surface area contributed by atoms with Gasteiger partial charge in [-0.15, -0.1) is 0 Å². The van der Waals surface area contributed by atoms with Crippen molar-refractivity contribution in [3.05, 3.63) is 28.8 Å². The lowest BCUT2D eigenvalue weighted by atomic mass is 9.89. The summed E-state index contributed by atoms with van der Waals surface area (Å²) >= 11 is 5.96. The van der Waals surface area contributed by atoms with Crippen molar-refractivity contribution in [3.8, 4) is 0 Å². The quantitative estimate of drug-likeness (QED) is 0.727. The van der Waals surface area contributed by atoms with E-state index >= 15 is 0 Å². The third kappa shape index (κ3) is 4.71. The summed E-state index contributed by atoms with van der Waals surface area (Å²) in [5.41, 5.74) is 0.120. The number of rotatable bonds is 5. The lowest BCUT2D eigenvalue weighted by molar-refractivity contribution is -0.137. The van der Waals surface area contributed by atoms with E-state index in [1.165, 1.54) is 0 Å². The molecule has 1 aromatic carbocycles. The fraction of sp³-hybridized carbons (Fsp3) is 0.500. The van der Waals surface area contributed by atoms with E-state index in [9.17, 15) is 14.7 Å². The summed E-state index contributed by atoms with van der Waals surface area (Å²) in [5.74, 6) is -1.57. The van der Waals surface area contributed by atoms with Gasteiger partial charge >= 0.3 is 11.8 Å². The van der Waals surface area contributed by atoms with Gasteiger partial charge in [0.1, 0.15) is 0 Å². The molecule has 0 aliphatic heterocycles. The molecule has 2 amide bonds. The van der Waals surface area contributed by atoms with Crippen LogP contribution in [0.2, 0.25) is 5.02 Å². The predicted molar refractivity (Wildman–Crippen MR) is 87.9 cm³/mol. The highest BCUT2D eigenvalue weighted by molar-refractivity contribution is 6.40. The molecule has 0 spiro atoms. The van der Waals surface area contributed by atoms with Gasteiger partial charge in [0.2, 0.25) is 0 Å². The highest BCUT2D eigenvalue weighted by Crippen LogP contribution is 2.23. The Morgan fingerprint density at radius 2 is 2.00 bits per heavy atom. The topological polar surface area (TPSA) is 78.4 Å². The van der Waals surface area contributed by atoms with Crippen molar-refractivity contribution in [1.82, 2.24) is 5.32 Å². The number of nitrogens with one attached hydrogen (secondary N) is 2. The first kappa shape index (κ1) is 18.5. The van der Waals surface area contributed by atoms with E-state index in [-0.39, 0.29) is 12.5 Å². The van der Waals surface area contributed by atoms with Crippen LogP contribution in [-0.4, -0.2) is 29.1 Å². The molecule has 0 aliphatic rings. The second-order valence-corrected chi connectivity index (χ2v) is 6.12. The number of benzene rings is 1. The minimum Gasteiger partial charge on any atom is -0.388 e. The van der Waals surface area contributed by atoms with E-state index in [1.54, 1.807) is 32.0 Å². The molecule has 3 N–H and O–H groups in total. The first-order valence-electron chi connectivity index (χ1n) is 7.25. The Kier molecular flexibility index (Phi) is 6.38.